The molecule has 0 saturated carbocycles. The summed E-state index contributed by atoms with van der Waals surface area (Å²) in [6.45, 7) is 1.79. The number of hydrogen-bond acceptors (Lipinski definition) is 7. The number of rotatable bonds is 6. The fraction of sp³-hybridized carbons (Fsp3) is 0.0952. The third kappa shape index (κ3) is 4.32. The lowest BCUT2D eigenvalue weighted by atomic mass is 10.2. The number of benzene rings is 2. The number of nitrogens with zero attached hydrogens (tertiary/aromatic N) is 4. The van der Waals surface area contributed by atoms with Gasteiger partial charge in [-0.1, -0.05) is 11.6 Å². The van der Waals surface area contributed by atoms with Crippen LogP contribution in [-0.4, -0.2) is 32.7 Å². The molecule has 2 heterocycles. The van der Waals surface area contributed by atoms with Gasteiger partial charge in [0.05, 0.1) is 23.4 Å². The Morgan fingerprint density at radius 3 is 2.66 bits per heavy atom. The minimum atomic E-state index is -0.635. The van der Waals surface area contributed by atoms with Crippen molar-refractivity contribution in [3.63, 3.8) is 0 Å². The van der Waals surface area contributed by atoms with Crippen LogP contribution in [0.5, 0.6) is 5.75 Å². The summed E-state index contributed by atoms with van der Waals surface area (Å²) in [5, 5.41) is 20.7. The van der Waals surface area contributed by atoms with Gasteiger partial charge in [-0.15, -0.1) is 11.3 Å². The summed E-state index contributed by atoms with van der Waals surface area (Å²) in [4.78, 5) is 27.8. The Balaban J connectivity index is 1.61. The molecule has 4 aromatic rings. The zero-order valence-electron chi connectivity index (χ0n) is 16.9. The summed E-state index contributed by atoms with van der Waals surface area (Å²) in [6.07, 6.45) is 0. The van der Waals surface area contributed by atoms with E-state index >= 15 is 0 Å². The molecule has 162 valence electrons. The number of methoxy groups -OCH3 is 1. The molecule has 1 amide bonds. The summed E-state index contributed by atoms with van der Waals surface area (Å²) in [6, 6.07) is 13.1. The average molecular weight is 470 g/mol. The number of ether oxygens (including phenoxy) is 1. The number of carbonyl (C=O) groups excluding carboxylic acids is 1. The van der Waals surface area contributed by atoms with E-state index in [9.17, 15) is 14.9 Å². The van der Waals surface area contributed by atoms with Gasteiger partial charge < -0.3 is 10.1 Å². The lowest BCUT2D eigenvalue weighted by Gasteiger charge is -2.07. The Morgan fingerprint density at radius 1 is 1.22 bits per heavy atom. The third-order valence-corrected chi connectivity index (χ3v) is 5.67. The maximum Gasteiger partial charge on any atom is 0.288 e. The summed E-state index contributed by atoms with van der Waals surface area (Å²) >= 11 is 7.20. The van der Waals surface area contributed by atoms with Crippen LogP contribution in [-0.2, 0) is 0 Å². The van der Waals surface area contributed by atoms with Crippen LogP contribution in [0.25, 0.3) is 16.4 Å². The molecule has 9 nitrogen and oxygen atoms in total. The minimum Gasteiger partial charge on any atom is -0.497 e. The second kappa shape index (κ2) is 8.77. The second-order valence-corrected chi connectivity index (χ2v) is 7.95. The minimum absolute atomic E-state index is 0.0405. The van der Waals surface area contributed by atoms with E-state index in [1.807, 2.05) is 29.6 Å². The number of hydrogen-bond donors (Lipinski definition) is 1. The van der Waals surface area contributed by atoms with Crippen LogP contribution in [0.3, 0.4) is 0 Å². The molecule has 4 rings (SSSR count). The van der Waals surface area contributed by atoms with Crippen molar-refractivity contribution in [3.05, 3.63) is 80.3 Å². The lowest BCUT2D eigenvalue weighted by molar-refractivity contribution is -0.384. The Hall–Kier alpha value is -3.76. The largest absolute Gasteiger partial charge is 0.497 e. The third-order valence-electron chi connectivity index (χ3n) is 4.54. The Morgan fingerprint density at radius 2 is 1.97 bits per heavy atom. The van der Waals surface area contributed by atoms with Crippen molar-refractivity contribution in [1.82, 2.24) is 14.8 Å². The van der Waals surface area contributed by atoms with Crippen molar-refractivity contribution >= 4 is 40.4 Å². The number of carbonyl (C=O) groups is 1. The van der Waals surface area contributed by atoms with Crippen molar-refractivity contribution in [2.45, 2.75) is 6.92 Å². The van der Waals surface area contributed by atoms with Crippen LogP contribution in [0.2, 0.25) is 5.02 Å². The number of halogens is 1. The Labute approximate surface area is 191 Å². The maximum absolute atomic E-state index is 12.7. The van der Waals surface area contributed by atoms with Crippen molar-refractivity contribution in [1.29, 1.82) is 0 Å². The molecule has 0 saturated heterocycles. The Kier molecular flexibility index (Phi) is 5.89. The van der Waals surface area contributed by atoms with E-state index in [1.54, 1.807) is 20.1 Å². The molecule has 0 aliphatic carbocycles. The van der Waals surface area contributed by atoms with Gasteiger partial charge in [-0.25, -0.2) is 4.98 Å². The predicted molar refractivity (Wildman–Crippen MR) is 122 cm³/mol. The van der Waals surface area contributed by atoms with Gasteiger partial charge in [0.1, 0.15) is 16.6 Å². The van der Waals surface area contributed by atoms with Gasteiger partial charge in [-0.05, 0) is 43.3 Å². The van der Waals surface area contributed by atoms with Crippen molar-refractivity contribution < 1.29 is 14.5 Å². The van der Waals surface area contributed by atoms with Gasteiger partial charge >= 0.3 is 0 Å². The molecule has 11 heteroatoms. The molecule has 0 aliphatic heterocycles. The van der Waals surface area contributed by atoms with Gasteiger partial charge in [0.25, 0.3) is 11.6 Å². The van der Waals surface area contributed by atoms with E-state index in [-0.39, 0.29) is 16.3 Å². The lowest BCUT2D eigenvalue weighted by Crippen LogP contribution is -2.15. The number of aromatic nitrogens is 3. The number of anilines is 1. The number of amides is 1. The molecule has 0 aliphatic rings. The van der Waals surface area contributed by atoms with Crippen molar-refractivity contribution in [2.75, 3.05) is 12.4 Å². The number of nitro groups is 1. The molecule has 0 radical (unpaired) electrons. The smallest absolute Gasteiger partial charge is 0.288 e. The fourth-order valence-corrected chi connectivity index (χ4v) is 3.96. The van der Waals surface area contributed by atoms with E-state index < -0.39 is 10.8 Å². The second-order valence-electron chi connectivity index (χ2n) is 6.70. The maximum atomic E-state index is 12.7. The molecule has 0 spiro atoms. The highest BCUT2D eigenvalue weighted by atomic mass is 35.5. The molecule has 32 heavy (non-hydrogen) atoms. The number of nitrogens with one attached hydrogen (secondary N) is 1. The van der Waals surface area contributed by atoms with E-state index in [0.29, 0.717) is 16.6 Å². The molecule has 2 aromatic heterocycles. The van der Waals surface area contributed by atoms with Crippen molar-refractivity contribution in [2.24, 2.45) is 0 Å². The van der Waals surface area contributed by atoms with Crippen LogP contribution in [0.4, 0.5) is 11.5 Å². The van der Waals surface area contributed by atoms with Gasteiger partial charge in [0.2, 0.25) is 5.13 Å². The molecule has 0 atom stereocenters. The first kappa shape index (κ1) is 21.5. The van der Waals surface area contributed by atoms with Crippen LogP contribution in [0, 0.1) is 17.0 Å². The highest BCUT2D eigenvalue weighted by molar-refractivity contribution is 7.12. The van der Waals surface area contributed by atoms with E-state index in [2.05, 4.69) is 15.4 Å². The van der Waals surface area contributed by atoms with Crippen LogP contribution in [0.15, 0.2) is 53.9 Å². The molecular weight excluding hydrogens is 454 g/mol. The van der Waals surface area contributed by atoms with Crippen molar-refractivity contribution in [3.8, 4) is 22.1 Å². The number of aryl methyl sites for hydroxylation is 1. The van der Waals surface area contributed by atoms with E-state index in [0.717, 1.165) is 23.1 Å². The van der Waals surface area contributed by atoms with E-state index in [1.165, 1.54) is 28.2 Å². The quantitative estimate of drug-likeness (QED) is 0.309. The molecule has 0 bridgehead atoms. The molecule has 2 aromatic carbocycles. The van der Waals surface area contributed by atoms with Gasteiger partial charge in [-0.3, -0.25) is 14.9 Å². The molecule has 1 N–H and O–H groups in total. The standard InChI is InChI=1S/C21H16ClN5O4S/c1-12-9-19(24-20(28)14-5-8-16(22)18(10-14)27(29)30)26(25-12)21-23-17(11-32-21)13-3-6-15(31-2)7-4-13/h3-11H,1-2H3,(H,24,28). The SMILES string of the molecule is COc1ccc(-c2csc(-n3nc(C)cc3NC(=O)c3ccc(Cl)c([N+](=O)[O-])c3)n2)cc1. The highest BCUT2D eigenvalue weighted by Gasteiger charge is 2.19. The van der Waals surface area contributed by atoms with Gasteiger partial charge in [0, 0.05) is 28.6 Å². The average Bonchev–Trinajstić information content (AvgIpc) is 3.40. The van der Waals surface area contributed by atoms with Crippen LogP contribution in [0.1, 0.15) is 16.1 Å². The van der Waals surface area contributed by atoms with Gasteiger partial charge in [0.15, 0.2) is 0 Å². The Bertz CT molecular complexity index is 1320. The summed E-state index contributed by atoms with van der Waals surface area (Å²) in [5.41, 5.74) is 2.10. The summed E-state index contributed by atoms with van der Waals surface area (Å²) in [5.74, 6) is 0.609. The van der Waals surface area contributed by atoms with E-state index in [4.69, 9.17) is 16.3 Å². The van der Waals surface area contributed by atoms with Crippen LogP contribution >= 0.6 is 22.9 Å². The summed E-state index contributed by atoms with van der Waals surface area (Å²) in [7, 11) is 1.61. The first-order valence-corrected chi connectivity index (χ1v) is 10.5. The monoisotopic (exact) mass is 469 g/mol. The normalized spacial score (nSPS) is 10.7. The predicted octanol–water partition coefficient (Wildman–Crippen LogP) is 5.13. The first-order chi connectivity index (χ1) is 15.4. The number of thiazole rings is 1. The highest BCUT2D eigenvalue weighted by Crippen LogP contribution is 2.29. The molecule has 0 fully saturated rings. The zero-order valence-corrected chi connectivity index (χ0v) is 18.5. The fourth-order valence-electron chi connectivity index (χ4n) is 2.97. The first-order valence-electron chi connectivity index (χ1n) is 9.28. The molecular formula is C21H16ClN5O4S. The topological polar surface area (TPSA) is 112 Å². The van der Waals surface area contributed by atoms with Crippen LogP contribution < -0.4 is 10.1 Å². The zero-order chi connectivity index (χ0) is 22.8. The van der Waals surface area contributed by atoms with Gasteiger partial charge in [-0.2, -0.15) is 9.78 Å². The summed E-state index contributed by atoms with van der Waals surface area (Å²) < 4.78 is 6.70. The molecule has 0 unspecified atom stereocenters. The number of nitro benzene ring substituents is 1.